The summed E-state index contributed by atoms with van der Waals surface area (Å²) in [6.45, 7) is 2.01. The van der Waals surface area contributed by atoms with Gasteiger partial charge in [-0.15, -0.1) is 0 Å². The summed E-state index contributed by atoms with van der Waals surface area (Å²) in [5.74, 6) is -1.25. The van der Waals surface area contributed by atoms with E-state index in [1.54, 1.807) is 28.8 Å². The number of fused-ring (bicyclic) bond motifs is 1. The van der Waals surface area contributed by atoms with Gasteiger partial charge in [0.2, 0.25) is 0 Å². The molecule has 0 aliphatic rings. The second-order valence-corrected chi connectivity index (χ2v) is 7.48. The average molecular weight is 433 g/mol. The fourth-order valence-electron chi connectivity index (χ4n) is 3.17. The minimum Gasteiger partial charge on any atom is -0.319 e. The molecule has 4 rings (SSSR count). The number of pyridine rings is 1. The summed E-state index contributed by atoms with van der Waals surface area (Å²) in [6.07, 6.45) is 1.80. The monoisotopic (exact) mass is 432 g/mol. The number of carbonyl (C=O) groups excluding carboxylic acids is 2. The van der Waals surface area contributed by atoms with Crippen LogP contribution in [0.1, 0.15) is 16.1 Å². The first-order chi connectivity index (χ1) is 13.5. The molecule has 138 valence electrons. The van der Waals surface area contributed by atoms with Crippen molar-refractivity contribution in [1.82, 2.24) is 4.40 Å². The largest absolute Gasteiger partial charge is 0.319 e. The summed E-state index contributed by atoms with van der Waals surface area (Å²) < 4.78 is 2.59. The maximum Gasteiger partial charge on any atom is 0.298 e. The number of aryl methyl sites for hydroxylation is 1. The van der Waals surface area contributed by atoms with Crippen LogP contribution in [0.15, 0.2) is 83.5 Å². The standard InChI is InChI=1S/C23H17BrN2O2/c1-15-8-10-16(11-9-15)20-14-19-7-2-3-12-26(19)21(20)22(27)23(28)25-18-6-4-5-17(24)13-18/h2-14H,1H3,(H,25,28). The van der Waals surface area contributed by atoms with Gasteiger partial charge in [0.1, 0.15) is 5.69 Å². The lowest BCUT2D eigenvalue weighted by Gasteiger charge is -2.08. The fraction of sp³-hybridized carbons (Fsp3) is 0.0435. The Labute approximate surface area is 170 Å². The number of anilines is 1. The predicted octanol–water partition coefficient (Wildman–Crippen LogP) is 5.50. The van der Waals surface area contributed by atoms with Gasteiger partial charge in [-0.05, 0) is 48.9 Å². The Morgan fingerprint density at radius 2 is 1.71 bits per heavy atom. The Kier molecular flexibility index (Phi) is 4.84. The van der Waals surface area contributed by atoms with E-state index in [9.17, 15) is 9.59 Å². The van der Waals surface area contributed by atoms with Gasteiger partial charge in [-0.2, -0.15) is 0 Å². The van der Waals surface area contributed by atoms with Gasteiger partial charge in [0.25, 0.3) is 11.7 Å². The van der Waals surface area contributed by atoms with E-state index in [4.69, 9.17) is 0 Å². The Bertz CT molecular complexity index is 1190. The molecule has 2 aromatic heterocycles. The highest BCUT2D eigenvalue weighted by atomic mass is 79.9. The maximum atomic E-state index is 13.1. The highest BCUT2D eigenvalue weighted by molar-refractivity contribution is 9.10. The van der Waals surface area contributed by atoms with Gasteiger partial charge >= 0.3 is 0 Å². The molecule has 4 aromatic rings. The van der Waals surface area contributed by atoms with Gasteiger partial charge < -0.3 is 9.72 Å². The van der Waals surface area contributed by atoms with Crippen molar-refractivity contribution in [1.29, 1.82) is 0 Å². The number of Topliss-reactive ketones (excluding diaryl/α,β-unsaturated/α-hetero) is 1. The predicted molar refractivity (Wildman–Crippen MR) is 115 cm³/mol. The van der Waals surface area contributed by atoms with Crippen molar-refractivity contribution in [2.45, 2.75) is 6.92 Å². The second-order valence-electron chi connectivity index (χ2n) is 6.56. The first-order valence-electron chi connectivity index (χ1n) is 8.81. The molecule has 1 N–H and O–H groups in total. The molecule has 1 amide bonds. The topological polar surface area (TPSA) is 50.6 Å². The van der Waals surface area contributed by atoms with E-state index in [2.05, 4.69) is 21.2 Å². The number of rotatable bonds is 4. The van der Waals surface area contributed by atoms with Crippen LogP contribution in [-0.4, -0.2) is 16.1 Å². The number of ketones is 1. The van der Waals surface area contributed by atoms with Gasteiger partial charge in [-0.25, -0.2) is 0 Å². The zero-order valence-corrected chi connectivity index (χ0v) is 16.7. The zero-order chi connectivity index (χ0) is 19.7. The minimum absolute atomic E-state index is 0.354. The van der Waals surface area contributed by atoms with Gasteiger partial charge in [0, 0.05) is 27.4 Å². The molecule has 0 aliphatic carbocycles. The van der Waals surface area contributed by atoms with Crippen LogP contribution < -0.4 is 5.32 Å². The van der Waals surface area contributed by atoms with Crippen LogP contribution in [0.4, 0.5) is 5.69 Å². The molecule has 0 bridgehead atoms. The highest BCUT2D eigenvalue weighted by Gasteiger charge is 2.24. The summed E-state index contributed by atoms with van der Waals surface area (Å²) in [6, 6.07) is 22.7. The number of aromatic nitrogens is 1. The lowest BCUT2D eigenvalue weighted by atomic mass is 10.0. The van der Waals surface area contributed by atoms with Crippen LogP contribution in [0.5, 0.6) is 0 Å². The number of nitrogens with one attached hydrogen (secondary N) is 1. The number of halogens is 1. The van der Waals surface area contributed by atoms with Gasteiger partial charge in [0.15, 0.2) is 0 Å². The lowest BCUT2D eigenvalue weighted by molar-refractivity contribution is -0.112. The minimum atomic E-state index is -0.671. The van der Waals surface area contributed by atoms with Crippen molar-refractivity contribution in [2.24, 2.45) is 0 Å². The Morgan fingerprint density at radius 1 is 0.929 bits per heavy atom. The fourth-order valence-corrected chi connectivity index (χ4v) is 3.57. The summed E-state index contributed by atoms with van der Waals surface area (Å²) in [5.41, 5.74) is 4.54. The molecule has 0 spiro atoms. The number of benzene rings is 2. The van der Waals surface area contributed by atoms with Crippen molar-refractivity contribution in [3.05, 3.63) is 94.7 Å². The van der Waals surface area contributed by atoms with Crippen LogP contribution in [0, 0.1) is 6.92 Å². The normalized spacial score (nSPS) is 10.8. The summed E-state index contributed by atoms with van der Waals surface area (Å²) >= 11 is 3.37. The molecule has 0 saturated carbocycles. The molecular weight excluding hydrogens is 416 g/mol. The number of hydrogen-bond acceptors (Lipinski definition) is 2. The molecule has 4 nitrogen and oxygen atoms in total. The first-order valence-corrected chi connectivity index (χ1v) is 9.60. The molecule has 0 radical (unpaired) electrons. The number of carbonyl (C=O) groups is 2. The second kappa shape index (κ2) is 7.44. The van der Waals surface area contributed by atoms with Crippen LogP contribution in [0.3, 0.4) is 0 Å². The highest BCUT2D eigenvalue weighted by Crippen LogP contribution is 2.29. The maximum absolute atomic E-state index is 13.1. The van der Waals surface area contributed by atoms with Crippen molar-refractivity contribution < 1.29 is 9.59 Å². The average Bonchev–Trinajstić information content (AvgIpc) is 3.07. The Hall–Kier alpha value is -3.18. The first kappa shape index (κ1) is 18.2. The molecule has 0 aliphatic heterocycles. The van der Waals surface area contributed by atoms with Crippen molar-refractivity contribution in [3.63, 3.8) is 0 Å². The number of amides is 1. The molecule has 0 saturated heterocycles. The van der Waals surface area contributed by atoms with Gasteiger partial charge in [0.05, 0.1) is 0 Å². The van der Waals surface area contributed by atoms with Crippen molar-refractivity contribution in [2.75, 3.05) is 5.32 Å². The molecule has 5 heteroatoms. The molecule has 28 heavy (non-hydrogen) atoms. The molecule has 0 unspecified atom stereocenters. The number of hydrogen-bond donors (Lipinski definition) is 1. The molecular formula is C23H17BrN2O2. The van der Waals surface area contributed by atoms with E-state index in [0.717, 1.165) is 26.7 Å². The molecule has 0 fully saturated rings. The molecule has 2 aromatic carbocycles. The Balaban J connectivity index is 1.78. The van der Waals surface area contributed by atoms with E-state index >= 15 is 0 Å². The third kappa shape index (κ3) is 3.49. The van der Waals surface area contributed by atoms with E-state index in [-0.39, 0.29) is 0 Å². The van der Waals surface area contributed by atoms with Crippen LogP contribution >= 0.6 is 15.9 Å². The summed E-state index contributed by atoms with van der Waals surface area (Å²) in [7, 11) is 0. The Morgan fingerprint density at radius 3 is 2.46 bits per heavy atom. The summed E-state index contributed by atoms with van der Waals surface area (Å²) in [5, 5.41) is 2.69. The van der Waals surface area contributed by atoms with Crippen molar-refractivity contribution in [3.8, 4) is 11.1 Å². The van der Waals surface area contributed by atoms with E-state index < -0.39 is 11.7 Å². The van der Waals surface area contributed by atoms with E-state index in [1.807, 2.05) is 61.5 Å². The third-order valence-corrected chi connectivity index (χ3v) is 5.04. The van der Waals surface area contributed by atoms with Crippen LogP contribution in [0.2, 0.25) is 0 Å². The van der Waals surface area contributed by atoms with E-state index in [1.165, 1.54) is 0 Å². The van der Waals surface area contributed by atoms with Gasteiger partial charge in [-0.3, -0.25) is 9.59 Å². The summed E-state index contributed by atoms with van der Waals surface area (Å²) in [4.78, 5) is 25.8. The number of nitrogens with zero attached hydrogens (tertiary/aromatic N) is 1. The SMILES string of the molecule is Cc1ccc(-c2cc3ccccn3c2C(=O)C(=O)Nc2cccc(Br)c2)cc1. The van der Waals surface area contributed by atoms with Crippen molar-refractivity contribution >= 4 is 38.8 Å². The zero-order valence-electron chi connectivity index (χ0n) is 15.1. The van der Waals surface area contributed by atoms with Crippen LogP contribution in [-0.2, 0) is 4.79 Å². The smallest absolute Gasteiger partial charge is 0.298 e. The molecule has 0 atom stereocenters. The quantitative estimate of drug-likeness (QED) is 0.341. The molecule has 2 heterocycles. The van der Waals surface area contributed by atoms with Gasteiger partial charge in [-0.1, -0.05) is 57.9 Å². The lowest BCUT2D eigenvalue weighted by Crippen LogP contribution is -2.24. The third-order valence-electron chi connectivity index (χ3n) is 4.55. The van der Waals surface area contributed by atoms with Crippen LogP contribution in [0.25, 0.3) is 16.6 Å². The van der Waals surface area contributed by atoms with E-state index in [0.29, 0.717) is 11.4 Å².